The van der Waals surface area contributed by atoms with Crippen LogP contribution in [0.1, 0.15) is 15.9 Å². The number of hydrogen-bond donors (Lipinski definition) is 2. The van der Waals surface area contributed by atoms with Crippen molar-refractivity contribution in [3.05, 3.63) is 53.6 Å². The third-order valence-corrected chi connectivity index (χ3v) is 3.26. The number of nitrogens with two attached hydrogens (primary N) is 1. The number of anilines is 2. The van der Waals surface area contributed by atoms with Gasteiger partial charge < -0.3 is 20.5 Å². The van der Waals surface area contributed by atoms with Crippen LogP contribution in [0.3, 0.4) is 0 Å². The zero-order valence-electron chi connectivity index (χ0n) is 12.0. The van der Waals surface area contributed by atoms with E-state index < -0.39 is 5.97 Å². The van der Waals surface area contributed by atoms with Crippen LogP contribution in [0.4, 0.5) is 11.4 Å². The van der Waals surface area contributed by atoms with Crippen LogP contribution >= 0.6 is 0 Å². The van der Waals surface area contributed by atoms with E-state index in [0.29, 0.717) is 17.9 Å². The van der Waals surface area contributed by atoms with E-state index in [1.54, 1.807) is 19.2 Å². The van der Waals surface area contributed by atoms with Gasteiger partial charge in [0.1, 0.15) is 5.75 Å². The molecule has 0 heterocycles. The highest BCUT2D eigenvalue weighted by Gasteiger charge is 2.15. The standard InChI is InChI=1S/C16H18N2O3/c1-18(10-11-5-3-4-6-15(11)21-2)14-8-7-12(17)9-13(14)16(19)20/h3-9H,10,17H2,1-2H3,(H,19,20). The Kier molecular flexibility index (Phi) is 4.33. The quantitative estimate of drug-likeness (QED) is 0.826. The number of nitrogen functional groups attached to an aromatic ring is 1. The Morgan fingerprint density at radius 2 is 2.00 bits per heavy atom. The van der Waals surface area contributed by atoms with Crippen LogP contribution in [0.5, 0.6) is 5.75 Å². The van der Waals surface area contributed by atoms with Gasteiger partial charge in [0.2, 0.25) is 0 Å². The van der Waals surface area contributed by atoms with Gasteiger partial charge in [-0.1, -0.05) is 18.2 Å². The fraction of sp³-hybridized carbons (Fsp3) is 0.188. The molecule has 0 aliphatic heterocycles. The second-order valence-corrected chi connectivity index (χ2v) is 4.75. The molecule has 0 saturated carbocycles. The summed E-state index contributed by atoms with van der Waals surface area (Å²) >= 11 is 0. The van der Waals surface area contributed by atoms with Crippen molar-refractivity contribution in [2.75, 3.05) is 24.8 Å². The number of methoxy groups -OCH3 is 1. The van der Waals surface area contributed by atoms with Crippen molar-refractivity contribution in [1.29, 1.82) is 0 Å². The molecule has 0 aromatic heterocycles. The maximum absolute atomic E-state index is 11.3. The maximum Gasteiger partial charge on any atom is 0.337 e. The molecule has 0 spiro atoms. The highest BCUT2D eigenvalue weighted by molar-refractivity contribution is 5.95. The summed E-state index contributed by atoms with van der Waals surface area (Å²) in [5, 5.41) is 9.30. The first kappa shape index (κ1) is 14.7. The minimum Gasteiger partial charge on any atom is -0.496 e. The second-order valence-electron chi connectivity index (χ2n) is 4.75. The molecule has 2 rings (SSSR count). The van der Waals surface area contributed by atoms with Crippen molar-refractivity contribution in [3.8, 4) is 5.75 Å². The summed E-state index contributed by atoms with van der Waals surface area (Å²) in [6.45, 7) is 0.536. The molecule has 110 valence electrons. The zero-order valence-corrected chi connectivity index (χ0v) is 12.0. The van der Waals surface area contributed by atoms with E-state index in [1.807, 2.05) is 36.2 Å². The molecule has 2 aromatic carbocycles. The summed E-state index contributed by atoms with van der Waals surface area (Å²) in [6, 6.07) is 12.5. The fourth-order valence-corrected chi connectivity index (χ4v) is 2.23. The number of nitrogens with zero attached hydrogens (tertiary/aromatic N) is 1. The molecule has 5 nitrogen and oxygen atoms in total. The minimum atomic E-state index is -0.996. The molecular formula is C16H18N2O3. The molecule has 0 amide bonds. The third-order valence-electron chi connectivity index (χ3n) is 3.26. The summed E-state index contributed by atoms with van der Waals surface area (Å²) in [4.78, 5) is 13.2. The number of para-hydroxylation sites is 1. The first-order chi connectivity index (χ1) is 10.0. The average molecular weight is 286 g/mol. The highest BCUT2D eigenvalue weighted by atomic mass is 16.5. The van der Waals surface area contributed by atoms with Crippen molar-refractivity contribution >= 4 is 17.3 Å². The Morgan fingerprint density at radius 1 is 1.29 bits per heavy atom. The van der Waals surface area contributed by atoms with Crippen LogP contribution in [0, 0.1) is 0 Å². The van der Waals surface area contributed by atoms with Crippen molar-refractivity contribution in [2.24, 2.45) is 0 Å². The Morgan fingerprint density at radius 3 is 2.67 bits per heavy atom. The summed E-state index contributed by atoms with van der Waals surface area (Å²) in [6.07, 6.45) is 0. The molecule has 5 heteroatoms. The van der Waals surface area contributed by atoms with Crippen LogP contribution in [0.25, 0.3) is 0 Å². The molecule has 0 saturated heterocycles. The fourth-order valence-electron chi connectivity index (χ4n) is 2.23. The number of hydrogen-bond acceptors (Lipinski definition) is 4. The smallest absolute Gasteiger partial charge is 0.337 e. The molecule has 0 radical (unpaired) electrons. The largest absolute Gasteiger partial charge is 0.496 e. The Balaban J connectivity index is 2.32. The Labute approximate surface area is 123 Å². The van der Waals surface area contributed by atoms with Gasteiger partial charge in [0.25, 0.3) is 0 Å². The summed E-state index contributed by atoms with van der Waals surface area (Å²) in [5.74, 6) is -0.221. The van der Waals surface area contributed by atoms with Gasteiger partial charge in [0.05, 0.1) is 18.4 Å². The maximum atomic E-state index is 11.3. The Bertz CT molecular complexity index is 656. The topological polar surface area (TPSA) is 75.8 Å². The molecular weight excluding hydrogens is 268 g/mol. The monoisotopic (exact) mass is 286 g/mol. The molecule has 0 fully saturated rings. The summed E-state index contributed by atoms with van der Waals surface area (Å²) < 4.78 is 5.32. The van der Waals surface area contributed by atoms with E-state index in [-0.39, 0.29) is 5.56 Å². The van der Waals surface area contributed by atoms with E-state index in [4.69, 9.17) is 10.5 Å². The van der Waals surface area contributed by atoms with Crippen LogP contribution in [-0.4, -0.2) is 25.2 Å². The van der Waals surface area contributed by atoms with Gasteiger partial charge in [-0.25, -0.2) is 4.79 Å². The first-order valence-electron chi connectivity index (χ1n) is 6.48. The van der Waals surface area contributed by atoms with Gasteiger partial charge in [-0.3, -0.25) is 0 Å². The number of carboxylic acids is 1. The van der Waals surface area contributed by atoms with Crippen LogP contribution < -0.4 is 15.4 Å². The van der Waals surface area contributed by atoms with Gasteiger partial charge in [0, 0.05) is 24.8 Å². The number of benzene rings is 2. The van der Waals surface area contributed by atoms with Crippen molar-refractivity contribution < 1.29 is 14.6 Å². The van der Waals surface area contributed by atoms with Gasteiger partial charge in [-0.2, -0.15) is 0 Å². The molecule has 0 atom stereocenters. The van der Waals surface area contributed by atoms with E-state index >= 15 is 0 Å². The molecule has 0 unspecified atom stereocenters. The number of carboxylic acid groups (broad SMARTS) is 1. The van der Waals surface area contributed by atoms with E-state index in [0.717, 1.165) is 11.3 Å². The van der Waals surface area contributed by atoms with Crippen LogP contribution in [0.2, 0.25) is 0 Å². The van der Waals surface area contributed by atoms with Crippen LogP contribution in [-0.2, 0) is 6.54 Å². The normalized spacial score (nSPS) is 10.2. The number of rotatable bonds is 5. The van der Waals surface area contributed by atoms with Crippen LogP contribution in [0.15, 0.2) is 42.5 Å². The van der Waals surface area contributed by atoms with Gasteiger partial charge in [0.15, 0.2) is 0 Å². The first-order valence-corrected chi connectivity index (χ1v) is 6.48. The predicted molar refractivity (Wildman–Crippen MR) is 82.9 cm³/mol. The molecule has 0 bridgehead atoms. The van der Waals surface area contributed by atoms with Crippen molar-refractivity contribution in [2.45, 2.75) is 6.54 Å². The second kappa shape index (κ2) is 6.17. The van der Waals surface area contributed by atoms with E-state index in [9.17, 15) is 9.90 Å². The summed E-state index contributed by atoms with van der Waals surface area (Å²) in [5.41, 5.74) is 7.88. The lowest BCUT2D eigenvalue weighted by Gasteiger charge is -2.22. The average Bonchev–Trinajstić information content (AvgIpc) is 2.47. The number of ether oxygens (including phenoxy) is 1. The van der Waals surface area contributed by atoms with Crippen molar-refractivity contribution in [1.82, 2.24) is 0 Å². The van der Waals surface area contributed by atoms with Gasteiger partial charge in [-0.05, 0) is 24.3 Å². The lowest BCUT2D eigenvalue weighted by molar-refractivity contribution is 0.0697. The third kappa shape index (κ3) is 3.25. The molecule has 2 aromatic rings. The molecule has 0 aliphatic rings. The summed E-state index contributed by atoms with van der Waals surface area (Å²) in [7, 11) is 3.45. The van der Waals surface area contributed by atoms with E-state index in [1.165, 1.54) is 6.07 Å². The molecule has 3 N–H and O–H groups in total. The predicted octanol–water partition coefficient (Wildman–Crippen LogP) is 2.61. The Hall–Kier alpha value is -2.69. The van der Waals surface area contributed by atoms with Crippen molar-refractivity contribution in [3.63, 3.8) is 0 Å². The number of aromatic carboxylic acids is 1. The zero-order chi connectivity index (χ0) is 15.4. The number of carbonyl (C=O) groups is 1. The highest BCUT2D eigenvalue weighted by Crippen LogP contribution is 2.26. The van der Waals surface area contributed by atoms with Gasteiger partial charge >= 0.3 is 5.97 Å². The molecule has 21 heavy (non-hydrogen) atoms. The molecule has 0 aliphatic carbocycles. The lowest BCUT2D eigenvalue weighted by atomic mass is 10.1. The SMILES string of the molecule is COc1ccccc1CN(C)c1ccc(N)cc1C(=O)O. The van der Waals surface area contributed by atoms with E-state index in [2.05, 4.69) is 0 Å². The van der Waals surface area contributed by atoms with Gasteiger partial charge in [-0.15, -0.1) is 0 Å². The minimum absolute atomic E-state index is 0.187. The lowest BCUT2D eigenvalue weighted by Crippen LogP contribution is -2.20.